The Kier molecular flexibility index (Phi) is 10.0. The monoisotopic (exact) mass is 458 g/mol. The summed E-state index contributed by atoms with van der Waals surface area (Å²) in [6, 6.07) is 8.60. The summed E-state index contributed by atoms with van der Waals surface area (Å²) < 4.78 is 27.2. The lowest BCUT2D eigenvalue weighted by Crippen LogP contribution is -2.27. The molecule has 0 saturated heterocycles. The second kappa shape index (κ2) is 12.7. The lowest BCUT2D eigenvalue weighted by atomic mass is 10.0. The molecule has 0 aliphatic carbocycles. The Morgan fingerprint density at radius 2 is 1.70 bits per heavy atom. The number of carboxylic acid groups (broad SMARTS) is 1. The van der Waals surface area contributed by atoms with E-state index in [1.165, 1.54) is 6.07 Å². The number of aliphatic carboxylic acids is 1. The predicted molar refractivity (Wildman–Crippen MR) is 128 cm³/mol. The number of allylic oxidation sites excluding steroid dienone is 1. The highest BCUT2D eigenvalue weighted by Gasteiger charge is 2.16. The third-order valence-corrected chi connectivity index (χ3v) is 5.34. The van der Waals surface area contributed by atoms with Crippen molar-refractivity contribution in [3.8, 4) is 0 Å². The van der Waals surface area contributed by atoms with E-state index in [-0.39, 0.29) is 12.0 Å². The summed E-state index contributed by atoms with van der Waals surface area (Å²) in [5.41, 5.74) is 2.67. The van der Waals surface area contributed by atoms with E-state index in [1.807, 2.05) is 12.1 Å². The van der Waals surface area contributed by atoms with Gasteiger partial charge in [0, 0.05) is 25.2 Å². The fraction of sp³-hybridized carbons (Fsp3) is 0.385. The summed E-state index contributed by atoms with van der Waals surface area (Å²) in [6.07, 6.45) is 4.87. The van der Waals surface area contributed by atoms with Gasteiger partial charge in [-0.2, -0.15) is 0 Å². The van der Waals surface area contributed by atoms with Crippen molar-refractivity contribution in [3.63, 3.8) is 0 Å². The van der Waals surface area contributed by atoms with E-state index < -0.39 is 23.5 Å². The van der Waals surface area contributed by atoms with E-state index in [4.69, 9.17) is 5.11 Å². The van der Waals surface area contributed by atoms with Gasteiger partial charge in [0.25, 0.3) is 0 Å². The van der Waals surface area contributed by atoms with Crippen LogP contribution in [0.25, 0.3) is 5.57 Å². The zero-order valence-corrected chi connectivity index (χ0v) is 19.5. The van der Waals surface area contributed by atoms with Gasteiger partial charge in [-0.3, -0.25) is 4.79 Å². The van der Waals surface area contributed by atoms with Gasteiger partial charge in [-0.05, 0) is 54.7 Å². The normalized spacial score (nSPS) is 11.4. The molecule has 0 unspecified atom stereocenters. The van der Waals surface area contributed by atoms with Crippen LogP contribution in [0.15, 0.2) is 42.5 Å². The molecule has 0 spiro atoms. The van der Waals surface area contributed by atoms with E-state index in [0.29, 0.717) is 16.8 Å². The van der Waals surface area contributed by atoms with Crippen LogP contribution in [0.5, 0.6) is 0 Å². The lowest BCUT2D eigenvalue weighted by molar-refractivity contribution is -0.131. The van der Waals surface area contributed by atoms with Gasteiger partial charge in [0.05, 0.1) is 17.8 Å². The smallest absolute Gasteiger partial charge is 0.328 e. The largest absolute Gasteiger partial charge is 0.478 e. The molecule has 0 fully saturated rings. The van der Waals surface area contributed by atoms with Crippen LogP contribution in [0, 0.1) is 11.6 Å². The van der Waals surface area contributed by atoms with Crippen molar-refractivity contribution in [1.82, 2.24) is 0 Å². The first-order valence-corrected chi connectivity index (χ1v) is 11.3. The Balaban J connectivity index is 2.40. The first-order chi connectivity index (χ1) is 15.7. The summed E-state index contributed by atoms with van der Waals surface area (Å²) in [7, 11) is 0. The van der Waals surface area contributed by atoms with Gasteiger partial charge in [-0.1, -0.05) is 38.8 Å². The molecule has 0 saturated carbocycles. The molecular formula is C26H32F2N2O3. The summed E-state index contributed by atoms with van der Waals surface area (Å²) in [5, 5.41) is 12.0. The van der Waals surface area contributed by atoms with Crippen LogP contribution in [0.3, 0.4) is 0 Å². The zero-order chi connectivity index (χ0) is 24.4. The molecule has 7 heteroatoms. The molecule has 178 valence electrons. The quantitative estimate of drug-likeness (QED) is 0.381. The van der Waals surface area contributed by atoms with Crippen molar-refractivity contribution in [2.75, 3.05) is 23.3 Å². The van der Waals surface area contributed by atoms with Crippen LogP contribution in [0.1, 0.15) is 57.6 Å². The summed E-state index contributed by atoms with van der Waals surface area (Å²) in [5.74, 6) is -2.96. The SMILES string of the molecule is CCCCN(CCCC)c1ccc(/C(C)=C\C(=O)O)cc1NC(=O)Cc1ccc(F)cc1F. The highest BCUT2D eigenvalue weighted by Crippen LogP contribution is 2.31. The molecule has 0 radical (unpaired) electrons. The minimum absolute atomic E-state index is 0.0994. The number of rotatable bonds is 12. The fourth-order valence-electron chi connectivity index (χ4n) is 3.51. The number of halogens is 2. The van der Waals surface area contributed by atoms with Gasteiger partial charge in [0.2, 0.25) is 5.91 Å². The Labute approximate surface area is 194 Å². The van der Waals surface area contributed by atoms with E-state index >= 15 is 0 Å². The molecular weight excluding hydrogens is 426 g/mol. The molecule has 0 aliphatic heterocycles. The molecule has 2 rings (SSSR count). The van der Waals surface area contributed by atoms with Crippen molar-refractivity contribution in [2.24, 2.45) is 0 Å². The van der Waals surface area contributed by atoms with Crippen LogP contribution >= 0.6 is 0 Å². The number of nitrogens with one attached hydrogen (secondary N) is 1. The minimum atomic E-state index is -1.05. The van der Waals surface area contributed by atoms with Gasteiger partial charge in [0.1, 0.15) is 11.6 Å². The first kappa shape index (κ1) is 26.0. The number of amides is 1. The van der Waals surface area contributed by atoms with Gasteiger partial charge >= 0.3 is 5.97 Å². The van der Waals surface area contributed by atoms with Crippen molar-refractivity contribution < 1.29 is 23.5 Å². The molecule has 0 aliphatic rings. The van der Waals surface area contributed by atoms with E-state index in [1.54, 1.807) is 13.0 Å². The number of hydrogen-bond acceptors (Lipinski definition) is 3. The first-order valence-electron chi connectivity index (χ1n) is 11.3. The van der Waals surface area contributed by atoms with E-state index in [9.17, 15) is 18.4 Å². The van der Waals surface area contributed by atoms with Gasteiger partial charge in [-0.25, -0.2) is 13.6 Å². The number of carboxylic acids is 1. The summed E-state index contributed by atoms with van der Waals surface area (Å²) in [4.78, 5) is 26.1. The molecule has 2 aromatic rings. The molecule has 0 aromatic heterocycles. The lowest BCUT2D eigenvalue weighted by Gasteiger charge is -2.28. The average Bonchev–Trinajstić information content (AvgIpc) is 2.75. The number of nitrogens with zero attached hydrogens (tertiary/aromatic N) is 1. The second-order valence-electron chi connectivity index (χ2n) is 8.05. The molecule has 2 aromatic carbocycles. The second-order valence-corrected chi connectivity index (χ2v) is 8.05. The van der Waals surface area contributed by atoms with E-state index in [2.05, 4.69) is 24.1 Å². The van der Waals surface area contributed by atoms with Crippen LogP contribution in [0.4, 0.5) is 20.2 Å². The molecule has 2 N–H and O–H groups in total. The molecule has 33 heavy (non-hydrogen) atoms. The number of benzene rings is 2. The predicted octanol–water partition coefficient (Wildman–Crippen LogP) is 6.04. The average molecular weight is 459 g/mol. The van der Waals surface area contributed by atoms with E-state index in [0.717, 1.165) is 62.7 Å². The molecule has 5 nitrogen and oxygen atoms in total. The molecule has 0 atom stereocenters. The van der Waals surface area contributed by atoms with Crippen LogP contribution < -0.4 is 10.2 Å². The Hall–Kier alpha value is -3.22. The Morgan fingerprint density at radius 3 is 2.27 bits per heavy atom. The number of carbonyl (C=O) groups is 2. The topological polar surface area (TPSA) is 69.6 Å². The van der Waals surface area contributed by atoms with Gasteiger partial charge in [0.15, 0.2) is 0 Å². The van der Waals surface area contributed by atoms with Crippen molar-refractivity contribution in [3.05, 3.63) is 65.2 Å². The maximum Gasteiger partial charge on any atom is 0.328 e. The Morgan fingerprint density at radius 1 is 1.03 bits per heavy atom. The van der Waals surface area contributed by atoms with Crippen molar-refractivity contribution in [2.45, 2.75) is 52.9 Å². The number of anilines is 2. The summed E-state index contributed by atoms with van der Waals surface area (Å²) >= 11 is 0. The third kappa shape index (κ3) is 8.00. The fourth-order valence-corrected chi connectivity index (χ4v) is 3.51. The van der Waals surface area contributed by atoms with Crippen LogP contribution in [-0.4, -0.2) is 30.1 Å². The third-order valence-electron chi connectivity index (χ3n) is 5.34. The highest BCUT2D eigenvalue weighted by atomic mass is 19.1. The highest BCUT2D eigenvalue weighted by molar-refractivity contribution is 5.97. The minimum Gasteiger partial charge on any atom is -0.478 e. The molecule has 0 bridgehead atoms. The number of carbonyl (C=O) groups excluding carboxylic acids is 1. The maximum absolute atomic E-state index is 14.0. The number of hydrogen-bond donors (Lipinski definition) is 2. The molecule has 0 heterocycles. The maximum atomic E-state index is 14.0. The van der Waals surface area contributed by atoms with Crippen molar-refractivity contribution in [1.29, 1.82) is 0 Å². The van der Waals surface area contributed by atoms with Gasteiger partial charge in [-0.15, -0.1) is 0 Å². The van der Waals surface area contributed by atoms with Crippen LogP contribution in [0.2, 0.25) is 0 Å². The zero-order valence-electron chi connectivity index (χ0n) is 19.5. The molecule has 1 amide bonds. The number of unbranched alkanes of at least 4 members (excludes halogenated alkanes) is 2. The van der Waals surface area contributed by atoms with Crippen molar-refractivity contribution >= 4 is 28.8 Å². The Bertz CT molecular complexity index is 997. The van der Waals surface area contributed by atoms with Gasteiger partial charge < -0.3 is 15.3 Å². The standard InChI is InChI=1S/C26H32F2N2O3/c1-4-6-12-30(13-7-5-2)24-11-9-19(18(3)14-26(32)33)15-23(24)29-25(31)16-20-8-10-21(27)17-22(20)28/h8-11,14-15,17H,4-7,12-13,16H2,1-3H3,(H,29,31)(H,32,33)/b18-14-. The van der Waals surface area contributed by atoms with Crippen LogP contribution in [-0.2, 0) is 16.0 Å². The summed E-state index contributed by atoms with van der Waals surface area (Å²) in [6.45, 7) is 7.54.